The molecule has 1 aromatic carbocycles. The summed E-state index contributed by atoms with van der Waals surface area (Å²) in [4.78, 5) is 15.2. The number of hydrogen-bond acceptors (Lipinski definition) is 3. The lowest BCUT2D eigenvalue weighted by Crippen LogP contribution is -2.04. The average molecular weight is 230 g/mol. The van der Waals surface area contributed by atoms with Crippen LogP contribution in [0.4, 0.5) is 0 Å². The highest BCUT2D eigenvalue weighted by molar-refractivity contribution is 5.90. The van der Waals surface area contributed by atoms with Crippen LogP contribution in [-0.4, -0.2) is 27.2 Å². The van der Waals surface area contributed by atoms with E-state index in [9.17, 15) is 4.79 Å². The Kier molecular flexibility index (Phi) is 2.11. The molecule has 2 aromatic rings. The van der Waals surface area contributed by atoms with Crippen molar-refractivity contribution in [1.82, 2.24) is 9.55 Å². The van der Waals surface area contributed by atoms with Gasteiger partial charge in [0.25, 0.3) is 0 Å². The van der Waals surface area contributed by atoms with Gasteiger partial charge in [-0.2, -0.15) is 0 Å². The minimum absolute atomic E-state index is 0.240. The molecule has 0 radical (unpaired) electrons. The van der Waals surface area contributed by atoms with Crippen LogP contribution in [0.3, 0.4) is 0 Å². The lowest BCUT2D eigenvalue weighted by molar-refractivity contribution is 0.0697. The van der Waals surface area contributed by atoms with Gasteiger partial charge in [-0.1, -0.05) is 0 Å². The van der Waals surface area contributed by atoms with Gasteiger partial charge in [-0.15, -0.1) is 0 Å². The van der Waals surface area contributed by atoms with Gasteiger partial charge in [-0.05, 0) is 18.2 Å². The summed E-state index contributed by atoms with van der Waals surface area (Å²) in [5.41, 5.74) is 0.969. The maximum absolute atomic E-state index is 11.0. The summed E-state index contributed by atoms with van der Waals surface area (Å²) in [5.74, 6) is 0.482. The maximum Gasteiger partial charge on any atom is 0.335 e. The highest BCUT2D eigenvalue weighted by atomic mass is 16.5. The summed E-state index contributed by atoms with van der Waals surface area (Å²) in [7, 11) is 0. The third kappa shape index (κ3) is 1.56. The monoisotopic (exact) mass is 230 g/mol. The van der Waals surface area contributed by atoms with E-state index in [0.29, 0.717) is 18.9 Å². The van der Waals surface area contributed by atoms with Crippen molar-refractivity contribution in [3.05, 3.63) is 36.2 Å². The number of nitrogens with zero attached hydrogens (tertiary/aromatic N) is 2. The third-order valence-electron chi connectivity index (χ3n) is 2.77. The van der Waals surface area contributed by atoms with Gasteiger partial charge in [-0.25, -0.2) is 9.78 Å². The Hall–Kier alpha value is -2.30. The van der Waals surface area contributed by atoms with Gasteiger partial charge < -0.3 is 14.4 Å². The fraction of sp³-hybridized carbons (Fsp3) is 0.167. The van der Waals surface area contributed by atoms with E-state index in [-0.39, 0.29) is 5.56 Å². The van der Waals surface area contributed by atoms with Crippen LogP contribution in [0.15, 0.2) is 30.6 Å². The number of carboxylic acid groups (broad SMARTS) is 1. The highest BCUT2D eigenvalue weighted by Gasteiger charge is 2.17. The molecule has 1 aromatic heterocycles. The van der Waals surface area contributed by atoms with Crippen LogP contribution < -0.4 is 4.74 Å². The summed E-state index contributed by atoms with van der Waals surface area (Å²) in [6, 6.07) is 4.82. The smallest absolute Gasteiger partial charge is 0.335 e. The van der Waals surface area contributed by atoms with Gasteiger partial charge in [0.05, 0.1) is 17.7 Å². The molecule has 86 valence electrons. The van der Waals surface area contributed by atoms with Crippen molar-refractivity contribution in [3.8, 4) is 17.1 Å². The number of rotatable bonds is 1. The molecule has 0 aliphatic carbocycles. The molecule has 0 atom stereocenters. The zero-order chi connectivity index (χ0) is 11.8. The van der Waals surface area contributed by atoms with E-state index in [4.69, 9.17) is 9.84 Å². The van der Waals surface area contributed by atoms with Crippen LogP contribution in [0.25, 0.3) is 11.4 Å². The number of ether oxygens (including phenoxy) is 1. The molecule has 0 amide bonds. The van der Waals surface area contributed by atoms with Gasteiger partial charge in [-0.3, -0.25) is 0 Å². The molecule has 2 heterocycles. The van der Waals surface area contributed by atoms with Gasteiger partial charge >= 0.3 is 5.97 Å². The molecular formula is C12H10N2O3. The molecule has 1 N–H and O–H groups in total. The predicted octanol–water partition coefficient (Wildman–Crippen LogP) is 1.64. The van der Waals surface area contributed by atoms with Crippen LogP contribution in [0.1, 0.15) is 10.4 Å². The topological polar surface area (TPSA) is 64.3 Å². The van der Waals surface area contributed by atoms with E-state index >= 15 is 0 Å². The highest BCUT2D eigenvalue weighted by Crippen LogP contribution is 2.32. The second kappa shape index (κ2) is 3.62. The Morgan fingerprint density at radius 2 is 2.35 bits per heavy atom. The standard InChI is InChI=1S/C12H10N2O3/c15-12(16)8-1-2-10-9(7-8)11-13-3-4-14(11)5-6-17-10/h1-4,7H,5-6H2,(H,15,16). The maximum atomic E-state index is 11.0. The second-order valence-corrected chi connectivity index (χ2v) is 3.81. The first-order valence-corrected chi connectivity index (χ1v) is 5.27. The Morgan fingerprint density at radius 1 is 1.47 bits per heavy atom. The molecule has 1 aliphatic rings. The first-order valence-electron chi connectivity index (χ1n) is 5.27. The summed E-state index contributed by atoms with van der Waals surface area (Å²) in [5, 5.41) is 8.99. The average Bonchev–Trinajstić information content (AvgIpc) is 2.71. The van der Waals surface area contributed by atoms with E-state index in [1.165, 1.54) is 0 Å². The predicted molar refractivity (Wildman–Crippen MR) is 60.1 cm³/mol. The van der Waals surface area contributed by atoms with Gasteiger partial charge in [0.2, 0.25) is 0 Å². The fourth-order valence-corrected chi connectivity index (χ4v) is 1.95. The molecule has 0 saturated heterocycles. The van der Waals surface area contributed by atoms with Crippen molar-refractivity contribution in [3.63, 3.8) is 0 Å². The van der Waals surface area contributed by atoms with Crippen molar-refractivity contribution < 1.29 is 14.6 Å². The number of aromatic carboxylic acids is 1. The number of carbonyl (C=O) groups is 1. The number of imidazole rings is 1. The summed E-state index contributed by atoms with van der Waals surface area (Å²) < 4.78 is 7.53. The molecule has 0 spiro atoms. The van der Waals surface area contributed by atoms with Crippen LogP contribution in [0.2, 0.25) is 0 Å². The SMILES string of the molecule is O=C(O)c1ccc2c(c1)-c1nccn1CCO2. The molecule has 5 heteroatoms. The lowest BCUT2D eigenvalue weighted by Gasteiger charge is -2.06. The van der Waals surface area contributed by atoms with Crippen molar-refractivity contribution >= 4 is 5.97 Å². The molecule has 3 rings (SSSR count). The van der Waals surface area contributed by atoms with E-state index in [0.717, 1.165) is 11.4 Å². The zero-order valence-electron chi connectivity index (χ0n) is 8.96. The summed E-state index contributed by atoms with van der Waals surface area (Å²) in [6.07, 6.45) is 3.57. The summed E-state index contributed by atoms with van der Waals surface area (Å²) in [6.45, 7) is 1.27. The Balaban J connectivity index is 2.22. The van der Waals surface area contributed by atoms with Crippen molar-refractivity contribution in [2.75, 3.05) is 6.61 Å². The molecule has 5 nitrogen and oxygen atoms in total. The van der Waals surface area contributed by atoms with E-state index in [1.54, 1.807) is 24.4 Å². The number of benzene rings is 1. The third-order valence-corrected chi connectivity index (χ3v) is 2.77. The minimum atomic E-state index is -0.949. The van der Waals surface area contributed by atoms with Gasteiger partial charge in [0, 0.05) is 12.4 Å². The molecule has 17 heavy (non-hydrogen) atoms. The van der Waals surface area contributed by atoms with Crippen LogP contribution >= 0.6 is 0 Å². The van der Waals surface area contributed by atoms with Crippen LogP contribution in [0.5, 0.6) is 5.75 Å². The van der Waals surface area contributed by atoms with E-state index < -0.39 is 5.97 Å². The molecule has 0 bridgehead atoms. The first kappa shape index (κ1) is 9.89. The summed E-state index contributed by atoms with van der Waals surface area (Å²) >= 11 is 0. The quantitative estimate of drug-likeness (QED) is 0.808. The second-order valence-electron chi connectivity index (χ2n) is 3.81. The molecular weight excluding hydrogens is 220 g/mol. The molecule has 0 saturated carbocycles. The number of hydrogen-bond donors (Lipinski definition) is 1. The normalized spacial score (nSPS) is 13.2. The number of aromatic nitrogens is 2. The zero-order valence-corrected chi connectivity index (χ0v) is 8.96. The van der Waals surface area contributed by atoms with Crippen LogP contribution in [-0.2, 0) is 6.54 Å². The van der Waals surface area contributed by atoms with Crippen molar-refractivity contribution in [2.24, 2.45) is 0 Å². The molecule has 1 aliphatic heterocycles. The van der Waals surface area contributed by atoms with Gasteiger partial charge in [0.1, 0.15) is 18.2 Å². The molecule has 0 fully saturated rings. The van der Waals surface area contributed by atoms with E-state index in [2.05, 4.69) is 4.98 Å². The largest absolute Gasteiger partial charge is 0.491 e. The molecule has 0 unspecified atom stereocenters. The van der Waals surface area contributed by atoms with Crippen molar-refractivity contribution in [2.45, 2.75) is 6.54 Å². The van der Waals surface area contributed by atoms with Crippen molar-refractivity contribution in [1.29, 1.82) is 0 Å². The fourth-order valence-electron chi connectivity index (χ4n) is 1.95. The Bertz CT molecular complexity index is 589. The lowest BCUT2D eigenvalue weighted by atomic mass is 10.1. The Labute approximate surface area is 97.3 Å². The van der Waals surface area contributed by atoms with E-state index in [1.807, 2.05) is 10.8 Å². The number of carboxylic acids is 1. The number of fused-ring (bicyclic) bond motifs is 3. The van der Waals surface area contributed by atoms with Crippen LogP contribution in [0, 0.1) is 0 Å². The first-order chi connectivity index (χ1) is 8.25. The minimum Gasteiger partial charge on any atom is -0.491 e. The Morgan fingerprint density at radius 3 is 3.18 bits per heavy atom. The van der Waals surface area contributed by atoms with Gasteiger partial charge in [0.15, 0.2) is 0 Å².